The van der Waals surface area contributed by atoms with E-state index in [1.54, 1.807) is 7.05 Å². The first-order valence-corrected chi connectivity index (χ1v) is 8.56. The summed E-state index contributed by atoms with van der Waals surface area (Å²) in [6.07, 6.45) is 5.22. The van der Waals surface area contributed by atoms with Crippen molar-refractivity contribution in [1.29, 1.82) is 0 Å². The van der Waals surface area contributed by atoms with Crippen LogP contribution in [0.4, 0.5) is 0 Å². The van der Waals surface area contributed by atoms with Gasteiger partial charge in [-0.1, -0.05) is 40.0 Å². The molecule has 0 aliphatic heterocycles. The number of unbranched alkanes of at least 4 members (excludes halogenated alkanes) is 1. The van der Waals surface area contributed by atoms with Crippen molar-refractivity contribution in [3.8, 4) is 0 Å². The molecule has 0 heterocycles. The van der Waals surface area contributed by atoms with Gasteiger partial charge in [-0.05, 0) is 24.7 Å². The molecule has 3 atom stereocenters. The minimum Gasteiger partial charge on any atom is -0.199 e. The molecule has 108 valence electrons. The molecule has 0 aromatic rings. The first kappa shape index (κ1) is 15.9. The summed E-state index contributed by atoms with van der Waals surface area (Å²) in [5.41, 5.74) is 0. The molecule has 1 fully saturated rings. The maximum absolute atomic E-state index is 12.2. The van der Waals surface area contributed by atoms with Gasteiger partial charge in [-0.25, -0.2) is 0 Å². The summed E-state index contributed by atoms with van der Waals surface area (Å²) >= 11 is 0. The van der Waals surface area contributed by atoms with Crippen LogP contribution in [-0.2, 0) is 10.2 Å². The van der Waals surface area contributed by atoms with Crippen LogP contribution in [0.1, 0.15) is 52.9 Å². The molecule has 0 aromatic heterocycles. The summed E-state index contributed by atoms with van der Waals surface area (Å²) in [4.78, 5) is 0. The average Bonchev–Trinajstić information content (AvgIpc) is 2.31. The topological polar surface area (TPSA) is 49.4 Å². The van der Waals surface area contributed by atoms with E-state index in [2.05, 4.69) is 25.5 Å². The van der Waals surface area contributed by atoms with Crippen molar-refractivity contribution in [2.75, 3.05) is 13.6 Å². The van der Waals surface area contributed by atoms with Gasteiger partial charge in [0.25, 0.3) is 10.2 Å². The Hall–Kier alpha value is -0.130. The lowest BCUT2D eigenvalue weighted by Crippen LogP contribution is -2.48. The SMILES string of the molecule is CCCCN(C)S(=O)(=O)N[C@@H]1CCC[C@@H](C)[C@@H]1C. The van der Waals surface area contributed by atoms with E-state index in [-0.39, 0.29) is 6.04 Å². The number of nitrogens with one attached hydrogen (secondary N) is 1. The highest BCUT2D eigenvalue weighted by molar-refractivity contribution is 7.87. The zero-order valence-electron chi connectivity index (χ0n) is 12.1. The molecule has 1 N–H and O–H groups in total. The minimum atomic E-state index is -3.31. The summed E-state index contributed by atoms with van der Waals surface area (Å²) in [5, 5.41) is 0. The fourth-order valence-electron chi connectivity index (χ4n) is 2.53. The molecule has 5 heteroatoms. The van der Waals surface area contributed by atoms with Crippen molar-refractivity contribution >= 4 is 10.2 Å². The molecule has 1 rings (SSSR count). The van der Waals surface area contributed by atoms with Gasteiger partial charge in [-0.2, -0.15) is 17.4 Å². The van der Waals surface area contributed by atoms with Crippen molar-refractivity contribution in [1.82, 2.24) is 9.03 Å². The predicted molar refractivity (Wildman–Crippen MR) is 75.6 cm³/mol. The van der Waals surface area contributed by atoms with Gasteiger partial charge in [0, 0.05) is 19.6 Å². The third-order valence-electron chi connectivity index (χ3n) is 4.24. The third kappa shape index (κ3) is 4.21. The lowest BCUT2D eigenvalue weighted by molar-refractivity contribution is 0.224. The quantitative estimate of drug-likeness (QED) is 0.809. The van der Waals surface area contributed by atoms with Crippen molar-refractivity contribution in [3.05, 3.63) is 0 Å². The zero-order valence-corrected chi connectivity index (χ0v) is 13.0. The lowest BCUT2D eigenvalue weighted by atomic mass is 9.78. The minimum absolute atomic E-state index is 0.0998. The number of rotatable bonds is 6. The fourth-order valence-corrected chi connectivity index (χ4v) is 3.80. The van der Waals surface area contributed by atoms with Crippen LogP contribution in [-0.4, -0.2) is 32.4 Å². The Morgan fingerprint density at radius 2 is 1.94 bits per heavy atom. The Kier molecular flexibility index (Phi) is 6.08. The summed E-state index contributed by atoms with van der Waals surface area (Å²) in [6, 6.07) is 0.0998. The molecule has 1 saturated carbocycles. The van der Waals surface area contributed by atoms with Crippen LogP contribution in [0.2, 0.25) is 0 Å². The van der Waals surface area contributed by atoms with Crippen LogP contribution < -0.4 is 4.72 Å². The molecule has 1 aliphatic carbocycles. The van der Waals surface area contributed by atoms with E-state index in [0.717, 1.165) is 25.7 Å². The van der Waals surface area contributed by atoms with Gasteiger partial charge in [0.2, 0.25) is 0 Å². The van der Waals surface area contributed by atoms with Gasteiger partial charge in [-0.15, -0.1) is 0 Å². The summed E-state index contributed by atoms with van der Waals surface area (Å²) < 4.78 is 28.7. The Bertz CT molecular complexity index is 343. The highest BCUT2D eigenvalue weighted by Gasteiger charge is 2.31. The molecule has 0 amide bonds. The van der Waals surface area contributed by atoms with Gasteiger partial charge >= 0.3 is 0 Å². The van der Waals surface area contributed by atoms with Crippen molar-refractivity contribution in [3.63, 3.8) is 0 Å². The van der Waals surface area contributed by atoms with Crippen LogP contribution in [0.5, 0.6) is 0 Å². The van der Waals surface area contributed by atoms with Crippen LogP contribution in [0.25, 0.3) is 0 Å². The summed E-state index contributed by atoms with van der Waals surface area (Å²) in [7, 11) is -1.64. The van der Waals surface area contributed by atoms with Crippen LogP contribution in [0.15, 0.2) is 0 Å². The molecule has 0 aromatic carbocycles. The van der Waals surface area contributed by atoms with Crippen LogP contribution in [0, 0.1) is 11.8 Å². The van der Waals surface area contributed by atoms with Crippen molar-refractivity contribution in [2.45, 2.75) is 58.9 Å². The number of nitrogens with zero attached hydrogens (tertiary/aromatic N) is 1. The summed E-state index contributed by atoms with van der Waals surface area (Å²) in [5.74, 6) is 1.03. The predicted octanol–water partition coefficient (Wildman–Crippen LogP) is 2.38. The third-order valence-corrected chi connectivity index (χ3v) is 5.85. The molecule has 0 radical (unpaired) electrons. The first-order chi connectivity index (χ1) is 8.38. The van der Waals surface area contributed by atoms with Crippen molar-refractivity contribution < 1.29 is 8.42 Å². The van der Waals surface area contributed by atoms with E-state index >= 15 is 0 Å². The van der Waals surface area contributed by atoms with E-state index in [1.807, 2.05) is 0 Å². The lowest BCUT2D eigenvalue weighted by Gasteiger charge is -2.35. The molecule has 0 saturated heterocycles. The van der Waals surface area contributed by atoms with E-state index in [9.17, 15) is 8.42 Å². The standard InChI is InChI=1S/C13H28N2O2S/c1-5-6-10-15(4)18(16,17)14-13-9-7-8-11(2)12(13)3/h11-14H,5-10H2,1-4H3/t11-,12+,13-/m1/s1. The molecule has 0 spiro atoms. The molecule has 1 aliphatic rings. The second-order valence-corrected chi connectivity index (χ2v) is 7.48. The van der Waals surface area contributed by atoms with E-state index in [1.165, 1.54) is 10.7 Å². The van der Waals surface area contributed by atoms with Gasteiger partial charge in [-0.3, -0.25) is 0 Å². The highest BCUT2D eigenvalue weighted by Crippen LogP contribution is 2.29. The van der Waals surface area contributed by atoms with Gasteiger partial charge in [0.05, 0.1) is 0 Å². The second kappa shape index (κ2) is 6.87. The largest absolute Gasteiger partial charge is 0.279 e. The fraction of sp³-hybridized carbons (Fsp3) is 1.00. The molecule has 0 bridgehead atoms. The van der Waals surface area contributed by atoms with E-state index in [0.29, 0.717) is 18.4 Å². The average molecular weight is 276 g/mol. The Morgan fingerprint density at radius 3 is 2.56 bits per heavy atom. The Balaban J connectivity index is 2.59. The smallest absolute Gasteiger partial charge is 0.199 e. The molecule has 4 nitrogen and oxygen atoms in total. The molecule has 18 heavy (non-hydrogen) atoms. The molecule has 0 unspecified atom stereocenters. The molecular weight excluding hydrogens is 248 g/mol. The first-order valence-electron chi connectivity index (χ1n) is 7.12. The zero-order chi connectivity index (χ0) is 13.8. The van der Waals surface area contributed by atoms with E-state index < -0.39 is 10.2 Å². The van der Waals surface area contributed by atoms with Crippen LogP contribution >= 0.6 is 0 Å². The Morgan fingerprint density at radius 1 is 1.28 bits per heavy atom. The van der Waals surface area contributed by atoms with Gasteiger partial charge in [0.1, 0.15) is 0 Å². The maximum Gasteiger partial charge on any atom is 0.279 e. The summed E-state index contributed by atoms with van der Waals surface area (Å²) in [6.45, 7) is 7.04. The highest BCUT2D eigenvalue weighted by atomic mass is 32.2. The molecular formula is C13H28N2O2S. The van der Waals surface area contributed by atoms with Crippen LogP contribution in [0.3, 0.4) is 0 Å². The van der Waals surface area contributed by atoms with Crippen molar-refractivity contribution in [2.24, 2.45) is 11.8 Å². The van der Waals surface area contributed by atoms with Gasteiger partial charge < -0.3 is 0 Å². The van der Waals surface area contributed by atoms with E-state index in [4.69, 9.17) is 0 Å². The second-order valence-electron chi connectivity index (χ2n) is 5.67. The maximum atomic E-state index is 12.2. The number of hydrogen-bond donors (Lipinski definition) is 1. The van der Waals surface area contributed by atoms with Gasteiger partial charge in [0.15, 0.2) is 0 Å². The monoisotopic (exact) mass is 276 g/mol. The Labute approximate surface area is 112 Å². The number of hydrogen-bond acceptors (Lipinski definition) is 2. The normalized spacial score (nSPS) is 29.7.